The number of nitrogens with zero attached hydrogens (tertiary/aromatic N) is 4. The molecule has 0 saturated carbocycles. The van der Waals surface area contributed by atoms with Gasteiger partial charge < -0.3 is 19.9 Å². The van der Waals surface area contributed by atoms with Crippen molar-refractivity contribution in [2.45, 2.75) is 18.3 Å². The normalized spacial score (nSPS) is 16.6. The minimum absolute atomic E-state index is 0.231. The third kappa shape index (κ3) is 7.64. The Morgan fingerprint density at radius 3 is 2.42 bits per heavy atom. The zero-order chi connectivity index (χ0) is 19.7. The van der Waals surface area contributed by atoms with Crippen LogP contribution in [0.3, 0.4) is 0 Å². The van der Waals surface area contributed by atoms with Crippen LogP contribution in [-0.4, -0.2) is 99.1 Å². The van der Waals surface area contributed by atoms with E-state index >= 15 is 0 Å². The van der Waals surface area contributed by atoms with Crippen LogP contribution < -0.4 is 5.73 Å². The highest BCUT2D eigenvalue weighted by atomic mass is 32.2. The van der Waals surface area contributed by atoms with Crippen molar-refractivity contribution in [3.63, 3.8) is 0 Å². The van der Waals surface area contributed by atoms with Gasteiger partial charge in [0.2, 0.25) is 0 Å². The molecule has 0 bridgehead atoms. The van der Waals surface area contributed by atoms with Gasteiger partial charge in [0.05, 0.1) is 58.5 Å². The summed E-state index contributed by atoms with van der Waals surface area (Å²) in [5.41, 5.74) is 5.85. The van der Waals surface area contributed by atoms with Crippen LogP contribution in [-0.2, 0) is 37.1 Å². The molecule has 0 spiro atoms. The molecule has 1 aromatic heterocycles. The van der Waals surface area contributed by atoms with E-state index in [1.54, 1.807) is 0 Å². The van der Waals surface area contributed by atoms with E-state index in [-0.39, 0.29) is 11.4 Å². The number of likely N-dealkylation sites (tertiary alicyclic amines) is 1. The third-order valence-corrected chi connectivity index (χ3v) is 5.40. The maximum absolute atomic E-state index is 11.4. The molecule has 1 fully saturated rings. The molecule has 26 heavy (non-hydrogen) atoms. The summed E-state index contributed by atoms with van der Waals surface area (Å²) in [4.78, 5) is 1.95. The summed E-state index contributed by atoms with van der Waals surface area (Å²) in [7, 11) is -2.99. The maximum atomic E-state index is 11.4. The van der Waals surface area contributed by atoms with Gasteiger partial charge in [0, 0.05) is 38.6 Å². The standard InChI is InChI=1S/C15H29N5O5S/c1-26(21,22)15-12-19(13-15)10-14-11-20(18-17-14)3-5-24-7-9-25-8-6-23-4-2-16/h11,15H,2-10,12-13,16H2,1H3/i11D. The molecule has 0 unspecified atom stereocenters. The zero-order valence-electron chi connectivity index (χ0n) is 16.2. The second-order valence-electron chi connectivity index (χ2n) is 6.14. The Kier molecular flexibility index (Phi) is 8.24. The first-order valence-electron chi connectivity index (χ1n) is 9.15. The molecular formula is C15H29N5O5S. The van der Waals surface area contributed by atoms with Crippen molar-refractivity contribution in [3.8, 4) is 0 Å². The fraction of sp³-hybridized carbons (Fsp3) is 0.867. The van der Waals surface area contributed by atoms with E-state index in [1.165, 1.54) is 10.9 Å². The van der Waals surface area contributed by atoms with E-state index in [0.29, 0.717) is 78.1 Å². The highest BCUT2D eigenvalue weighted by Gasteiger charge is 2.34. The van der Waals surface area contributed by atoms with E-state index in [9.17, 15) is 8.42 Å². The van der Waals surface area contributed by atoms with Crippen molar-refractivity contribution in [3.05, 3.63) is 11.9 Å². The molecule has 0 aromatic carbocycles. The van der Waals surface area contributed by atoms with Crippen LogP contribution in [0.25, 0.3) is 0 Å². The Labute approximate surface area is 155 Å². The first-order chi connectivity index (χ1) is 12.9. The van der Waals surface area contributed by atoms with Crippen LogP contribution in [0.1, 0.15) is 7.06 Å². The van der Waals surface area contributed by atoms with E-state index in [4.69, 9.17) is 21.3 Å². The first kappa shape index (κ1) is 19.6. The molecule has 11 heteroatoms. The van der Waals surface area contributed by atoms with Crippen molar-refractivity contribution in [2.75, 3.05) is 65.5 Å². The molecule has 0 aliphatic carbocycles. The molecule has 2 rings (SSSR count). The number of ether oxygens (including phenoxy) is 3. The zero-order valence-corrected chi connectivity index (χ0v) is 16.0. The summed E-state index contributed by atoms with van der Waals surface area (Å²) in [5.74, 6) is 0. The quantitative estimate of drug-likeness (QED) is 0.378. The first-order valence-corrected chi connectivity index (χ1v) is 10.6. The van der Waals surface area contributed by atoms with Crippen LogP contribution in [0.5, 0.6) is 0 Å². The van der Waals surface area contributed by atoms with Gasteiger partial charge in [-0.3, -0.25) is 4.90 Å². The van der Waals surface area contributed by atoms with Crippen molar-refractivity contribution >= 4 is 9.84 Å². The molecular weight excluding hydrogens is 362 g/mol. The van der Waals surface area contributed by atoms with Crippen molar-refractivity contribution in [2.24, 2.45) is 5.73 Å². The average Bonchev–Trinajstić information content (AvgIpc) is 2.91. The number of aromatic nitrogens is 3. The highest BCUT2D eigenvalue weighted by molar-refractivity contribution is 7.91. The molecule has 150 valence electrons. The largest absolute Gasteiger partial charge is 0.378 e. The van der Waals surface area contributed by atoms with E-state index in [0.717, 1.165) is 0 Å². The number of rotatable bonds is 14. The monoisotopic (exact) mass is 392 g/mol. The predicted molar refractivity (Wildman–Crippen MR) is 95.4 cm³/mol. The van der Waals surface area contributed by atoms with Gasteiger partial charge in [0.1, 0.15) is 0 Å². The molecule has 0 atom stereocenters. The molecule has 10 nitrogen and oxygen atoms in total. The minimum atomic E-state index is -2.99. The van der Waals surface area contributed by atoms with Gasteiger partial charge in [0.25, 0.3) is 0 Å². The number of sulfone groups is 1. The summed E-state index contributed by atoms with van der Waals surface area (Å²) in [6.45, 7) is 5.20. The van der Waals surface area contributed by atoms with Gasteiger partial charge in [-0.1, -0.05) is 5.21 Å². The summed E-state index contributed by atoms with van der Waals surface area (Å²) in [6.07, 6.45) is 1.48. The average molecular weight is 393 g/mol. The molecule has 1 aliphatic heterocycles. The van der Waals surface area contributed by atoms with E-state index in [1.807, 2.05) is 4.90 Å². The Morgan fingerprint density at radius 2 is 1.81 bits per heavy atom. The van der Waals surface area contributed by atoms with Crippen LogP contribution in [0, 0.1) is 0 Å². The molecule has 1 aromatic rings. The summed E-state index contributed by atoms with van der Waals surface area (Å²) in [6, 6.07) is 0. The van der Waals surface area contributed by atoms with Crippen molar-refractivity contribution in [1.29, 1.82) is 0 Å². The van der Waals surface area contributed by atoms with Crippen LogP contribution in [0.2, 0.25) is 0 Å². The Bertz CT molecular complexity index is 666. The predicted octanol–water partition coefficient (Wildman–Crippen LogP) is -1.48. The van der Waals surface area contributed by atoms with Gasteiger partial charge in [-0.05, 0) is 0 Å². The topological polar surface area (TPSA) is 122 Å². The van der Waals surface area contributed by atoms with Crippen molar-refractivity contribution < 1.29 is 24.0 Å². The van der Waals surface area contributed by atoms with Crippen LogP contribution in [0.4, 0.5) is 0 Å². The molecule has 0 radical (unpaired) electrons. The molecule has 2 heterocycles. The number of hydrogen-bond donors (Lipinski definition) is 1. The summed E-state index contributed by atoms with van der Waals surface area (Å²) < 4.78 is 48.4. The smallest absolute Gasteiger partial charge is 0.152 e. The Morgan fingerprint density at radius 1 is 1.19 bits per heavy atom. The minimum Gasteiger partial charge on any atom is -0.378 e. The third-order valence-electron chi connectivity index (χ3n) is 3.89. The SMILES string of the molecule is [2H]c1c(CN2CC(S(C)(=O)=O)C2)nnn1CCOCCOCCOCCN. The lowest BCUT2D eigenvalue weighted by atomic mass is 10.2. The van der Waals surface area contributed by atoms with Gasteiger partial charge in [0.15, 0.2) is 9.84 Å². The number of hydrogen-bond acceptors (Lipinski definition) is 9. The van der Waals surface area contributed by atoms with Crippen LogP contribution in [0.15, 0.2) is 6.17 Å². The lowest BCUT2D eigenvalue weighted by Gasteiger charge is -2.37. The second-order valence-corrected chi connectivity index (χ2v) is 8.47. The lowest BCUT2D eigenvalue weighted by molar-refractivity contribution is 0.0141. The number of nitrogens with two attached hydrogens (primary N) is 1. The molecule has 0 amide bonds. The lowest BCUT2D eigenvalue weighted by Crippen LogP contribution is -2.53. The molecule has 1 aliphatic rings. The second kappa shape index (κ2) is 10.9. The molecule has 2 N–H and O–H groups in total. The van der Waals surface area contributed by atoms with Gasteiger partial charge >= 0.3 is 0 Å². The van der Waals surface area contributed by atoms with Crippen molar-refractivity contribution in [1.82, 2.24) is 19.9 Å². The highest BCUT2D eigenvalue weighted by Crippen LogP contribution is 2.17. The van der Waals surface area contributed by atoms with Crippen LogP contribution >= 0.6 is 0 Å². The maximum Gasteiger partial charge on any atom is 0.152 e. The molecule has 1 saturated heterocycles. The van der Waals surface area contributed by atoms with Gasteiger partial charge in [-0.25, -0.2) is 13.1 Å². The van der Waals surface area contributed by atoms with Gasteiger partial charge in [-0.2, -0.15) is 0 Å². The van der Waals surface area contributed by atoms with Gasteiger partial charge in [-0.15, -0.1) is 5.10 Å². The fourth-order valence-corrected chi connectivity index (χ4v) is 3.34. The summed E-state index contributed by atoms with van der Waals surface area (Å²) >= 11 is 0. The van der Waals surface area contributed by atoms with E-state index in [2.05, 4.69) is 10.3 Å². The Balaban J connectivity index is 1.57. The fourth-order valence-electron chi connectivity index (χ4n) is 2.38. The summed E-state index contributed by atoms with van der Waals surface area (Å²) in [5, 5.41) is 7.67. The Hall–Kier alpha value is -1.11. The van der Waals surface area contributed by atoms with E-state index < -0.39 is 9.84 Å².